The third-order valence-electron chi connectivity index (χ3n) is 5.98. The van der Waals surface area contributed by atoms with Crippen molar-refractivity contribution in [1.29, 1.82) is 0 Å². The van der Waals surface area contributed by atoms with Crippen molar-refractivity contribution in [1.82, 2.24) is 19.8 Å². The van der Waals surface area contributed by atoms with Crippen LogP contribution in [0.3, 0.4) is 0 Å². The maximum absolute atomic E-state index is 12.6. The van der Waals surface area contributed by atoms with Crippen LogP contribution in [0.2, 0.25) is 0 Å². The van der Waals surface area contributed by atoms with Crippen LogP contribution in [0.1, 0.15) is 5.56 Å². The molecule has 164 valence electrons. The van der Waals surface area contributed by atoms with Gasteiger partial charge in [0.25, 0.3) is 0 Å². The van der Waals surface area contributed by atoms with Gasteiger partial charge in [-0.05, 0) is 44.4 Å². The first kappa shape index (κ1) is 20.9. The molecule has 5 rings (SSSR count). The van der Waals surface area contributed by atoms with Crippen molar-refractivity contribution in [2.45, 2.75) is 6.54 Å². The van der Waals surface area contributed by atoms with E-state index in [2.05, 4.69) is 83.5 Å². The van der Waals surface area contributed by atoms with Crippen LogP contribution < -0.4 is 11.0 Å². The van der Waals surface area contributed by atoms with Crippen LogP contribution in [0.4, 0.5) is 5.69 Å². The average molecular weight is 494 g/mol. The predicted octanol–water partition coefficient (Wildman–Crippen LogP) is 3.53. The van der Waals surface area contributed by atoms with Gasteiger partial charge in [0.2, 0.25) is 5.91 Å². The second-order valence-electron chi connectivity index (χ2n) is 8.20. The normalized spacial score (nSPS) is 15.4. The van der Waals surface area contributed by atoms with E-state index in [9.17, 15) is 9.59 Å². The molecule has 1 aliphatic heterocycles. The molecule has 0 aliphatic carbocycles. The monoisotopic (exact) mass is 493 g/mol. The van der Waals surface area contributed by atoms with Gasteiger partial charge in [0.15, 0.2) is 0 Å². The van der Waals surface area contributed by atoms with Crippen molar-refractivity contribution in [3.8, 4) is 0 Å². The number of benzene rings is 3. The smallest absolute Gasteiger partial charge is 0.323 e. The summed E-state index contributed by atoms with van der Waals surface area (Å²) in [6.45, 7) is 4.82. The standard InChI is InChI=1S/C24H24BrN5O2/c25-19-12-21-22(28-24(32)27-21)13-20(19)26-23(31)15-30-10-8-29(9-11-30)14-17-6-3-5-16-4-1-2-7-18(16)17/h1-7,12-13H,8-11,14-15H2,(H,26,31)(H2,27,28,32). The largest absolute Gasteiger partial charge is 0.324 e. The molecule has 1 fully saturated rings. The number of piperazine rings is 1. The molecular weight excluding hydrogens is 470 g/mol. The molecule has 1 saturated heterocycles. The summed E-state index contributed by atoms with van der Waals surface area (Å²) in [7, 11) is 0. The van der Waals surface area contributed by atoms with Gasteiger partial charge in [0.05, 0.1) is 23.3 Å². The average Bonchev–Trinajstić information content (AvgIpc) is 3.14. The quantitative estimate of drug-likeness (QED) is 0.397. The zero-order valence-electron chi connectivity index (χ0n) is 17.5. The van der Waals surface area contributed by atoms with Crippen LogP contribution >= 0.6 is 15.9 Å². The number of rotatable bonds is 5. The van der Waals surface area contributed by atoms with Gasteiger partial charge in [-0.15, -0.1) is 0 Å². The van der Waals surface area contributed by atoms with E-state index in [1.165, 1.54) is 16.3 Å². The molecule has 0 spiro atoms. The number of carbonyl (C=O) groups excluding carboxylic acids is 1. The molecule has 3 N–H and O–H groups in total. The van der Waals surface area contributed by atoms with Gasteiger partial charge in [-0.3, -0.25) is 14.6 Å². The number of fused-ring (bicyclic) bond motifs is 2. The molecule has 4 aromatic rings. The summed E-state index contributed by atoms with van der Waals surface area (Å²) in [5.74, 6) is -0.0644. The molecule has 0 bridgehead atoms. The number of amides is 1. The lowest BCUT2D eigenvalue weighted by molar-refractivity contribution is -0.117. The highest BCUT2D eigenvalue weighted by Gasteiger charge is 2.20. The Hall–Kier alpha value is -2.94. The van der Waals surface area contributed by atoms with Crippen LogP contribution in [0.15, 0.2) is 63.9 Å². The van der Waals surface area contributed by atoms with E-state index in [4.69, 9.17) is 0 Å². The summed E-state index contributed by atoms with van der Waals surface area (Å²) in [4.78, 5) is 34.2. The SMILES string of the molecule is O=C(CN1CCN(Cc2cccc3ccccc23)CC1)Nc1cc2[nH]c(=O)[nH]c2cc1Br. The fourth-order valence-electron chi connectivity index (χ4n) is 4.32. The number of anilines is 1. The molecule has 1 aliphatic rings. The molecule has 0 saturated carbocycles. The lowest BCUT2D eigenvalue weighted by Crippen LogP contribution is -2.48. The summed E-state index contributed by atoms with van der Waals surface area (Å²) in [5, 5.41) is 5.53. The minimum Gasteiger partial charge on any atom is -0.324 e. The topological polar surface area (TPSA) is 84.2 Å². The summed E-state index contributed by atoms with van der Waals surface area (Å²) in [5.41, 5.74) is 3.08. The summed E-state index contributed by atoms with van der Waals surface area (Å²) in [6, 6.07) is 18.5. The molecule has 8 heteroatoms. The van der Waals surface area contributed by atoms with E-state index >= 15 is 0 Å². The second-order valence-corrected chi connectivity index (χ2v) is 9.05. The van der Waals surface area contributed by atoms with Crippen molar-refractivity contribution < 1.29 is 4.79 Å². The Morgan fingerprint density at radius 1 is 0.938 bits per heavy atom. The van der Waals surface area contributed by atoms with Gasteiger partial charge < -0.3 is 15.3 Å². The summed E-state index contributed by atoms with van der Waals surface area (Å²) < 4.78 is 0.730. The van der Waals surface area contributed by atoms with Gasteiger partial charge in [-0.2, -0.15) is 0 Å². The van der Waals surface area contributed by atoms with E-state index in [-0.39, 0.29) is 11.6 Å². The first-order chi connectivity index (χ1) is 15.5. The van der Waals surface area contributed by atoms with E-state index < -0.39 is 0 Å². The zero-order chi connectivity index (χ0) is 22.1. The van der Waals surface area contributed by atoms with E-state index in [1.807, 2.05) is 0 Å². The van der Waals surface area contributed by atoms with Crippen molar-refractivity contribution in [2.75, 3.05) is 38.0 Å². The van der Waals surface area contributed by atoms with E-state index in [0.29, 0.717) is 23.3 Å². The maximum atomic E-state index is 12.6. The lowest BCUT2D eigenvalue weighted by atomic mass is 10.0. The number of nitrogens with one attached hydrogen (secondary N) is 3. The zero-order valence-corrected chi connectivity index (χ0v) is 19.1. The number of carbonyl (C=O) groups is 1. The van der Waals surface area contributed by atoms with Gasteiger partial charge in [0, 0.05) is 37.2 Å². The number of imidazole rings is 1. The number of halogens is 1. The number of aromatic amines is 2. The highest BCUT2D eigenvalue weighted by Crippen LogP contribution is 2.26. The maximum Gasteiger partial charge on any atom is 0.323 e. The first-order valence-electron chi connectivity index (χ1n) is 10.7. The molecule has 32 heavy (non-hydrogen) atoms. The van der Waals surface area contributed by atoms with E-state index in [1.54, 1.807) is 12.1 Å². The minimum absolute atomic E-state index is 0.0644. The molecule has 0 radical (unpaired) electrons. The molecule has 0 unspecified atom stereocenters. The Bertz CT molecular complexity index is 1330. The number of aromatic nitrogens is 2. The van der Waals surface area contributed by atoms with Crippen molar-refractivity contribution in [2.24, 2.45) is 0 Å². The van der Waals surface area contributed by atoms with Gasteiger partial charge >= 0.3 is 5.69 Å². The van der Waals surface area contributed by atoms with Crippen LogP contribution in [0.25, 0.3) is 21.8 Å². The molecule has 3 aromatic carbocycles. The minimum atomic E-state index is -0.267. The second kappa shape index (κ2) is 8.90. The number of nitrogens with zero attached hydrogens (tertiary/aromatic N) is 2. The molecule has 2 heterocycles. The molecule has 7 nitrogen and oxygen atoms in total. The van der Waals surface area contributed by atoms with Crippen molar-refractivity contribution in [3.63, 3.8) is 0 Å². The molecule has 1 amide bonds. The Balaban J connectivity index is 1.17. The van der Waals surface area contributed by atoms with Gasteiger partial charge in [-0.25, -0.2) is 4.79 Å². The predicted molar refractivity (Wildman–Crippen MR) is 131 cm³/mol. The van der Waals surface area contributed by atoms with Crippen LogP contribution in [-0.2, 0) is 11.3 Å². The highest BCUT2D eigenvalue weighted by atomic mass is 79.9. The Labute approximate surface area is 193 Å². The Morgan fingerprint density at radius 2 is 1.62 bits per heavy atom. The Kier molecular flexibility index (Phi) is 5.82. The van der Waals surface area contributed by atoms with Gasteiger partial charge in [0.1, 0.15) is 0 Å². The third-order valence-corrected chi connectivity index (χ3v) is 6.64. The molecular formula is C24H24BrN5O2. The number of hydrogen-bond donors (Lipinski definition) is 3. The van der Waals surface area contributed by atoms with Crippen molar-refractivity contribution >= 4 is 49.3 Å². The number of hydrogen-bond acceptors (Lipinski definition) is 4. The molecule has 1 aromatic heterocycles. The summed E-state index contributed by atoms with van der Waals surface area (Å²) >= 11 is 3.47. The Morgan fingerprint density at radius 3 is 2.44 bits per heavy atom. The molecule has 0 atom stereocenters. The van der Waals surface area contributed by atoms with Crippen molar-refractivity contribution in [3.05, 3.63) is 75.1 Å². The first-order valence-corrected chi connectivity index (χ1v) is 11.5. The fraction of sp³-hybridized carbons (Fsp3) is 0.250. The van der Waals surface area contributed by atoms with Crippen LogP contribution in [0.5, 0.6) is 0 Å². The van der Waals surface area contributed by atoms with Crippen LogP contribution in [-0.4, -0.2) is 58.4 Å². The van der Waals surface area contributed by atoms with E-state index in [0.717, 1.165) is 37.2 Å². The summed E-state index contributed by atoms with van der Waals surface area (Å²) in [6.07, 6.45) is 0. The highest BCUT2D eigenvalue weighted by molar-refractivity contribution is 9.10. The fourth-order valence-corrected chi connectivity index (χ4v) is 4.76. The third kappa shape index (κ3) is 4.48. The lowest BCUT2D eigenvalue weighted by Gasteiger charge is -2.34. The van der Waals surface area contributed by atoms with Crippen LogP contribution in [0, 0.1) is 0 Å². The van der Waals surface area contributed by atoms with Gasteiger partial charge in [-0.1, -0.05) is 42.5 Å². The number of H-pyrrole nitrogens is 2.